The van der Waals surface area contributed by atoms with E-state index in [4.69, 9.17) is 11.6 Å². The fourth-order valence-electron chi connectivity index (χ4n) is 3.17. The molecule has 0 radical (unpaired) electrons. The Bertz CT molecular complexity index is 999. The highest BCUT2D eigenvalue weighted by Crippen LogP contribution is 2.12. The van der Waals surface area contributed by atoms with Gasteiger partial charge in [0.1, 0.15) is 5.75 Å². The molecule has 0 saturated heterocycles. The molecule has 0 aliphatic carbocycles. The molecule has 1 amide bonds. The third-order valence-electron chi connectivity index (χ3n) is 4.88. The minimum Gasteiger partial charge on any atom is -0.508 e. The number of phenols is 1. The van der Waals surface area contributed by atoms with Crippen molar-refractivity contribution in [3.63, 3.8) is 0 Å². The first kappa shape index (κ1) is 22.6. The van der Waals surface area contributed by atoms with Gasteiger partial charge in [-0.3, -0.25) is 4.79 Å². The van der Waals surface area contributed by atoms with E-state index in [2.05, 4.69) is 10.6 Å². The van der Waals surface area contributed by atoms with Gasteiger partial charge in [0.25, 0.3) is 5.91 Å². The summed E-state index contributed by atoms with van der Waals surface area (Å²) in [5, 5.41) is 16.5. The second kappa shape index (κ2) is 11.9. The third kappa shape index (κ3) is 7.59. The summed E-state index contributed by atoms with van der Waals surface area (Å²) in [5.74, 6) is 0.216. The number of halogens is 1. The van der Waals surface area contributed by atoms with Crippen LogP contribution in [0.25, 0.3) is 6.08 Å². The minimum atomic E-state index is -0.0594. The van der Waals surface area contributed by atoms with Crippen molar-refractivity contribution in [2.75, 3.05) is 13.1 Å². The molecule has 0 atom stereocenters. The van der Waals surface area contributed by atoms with Gasteiger partial charge in [-0.25, -0.2) is 0 Å². The Kier molecular flexibility index (Phi) is 8.71. The van der Waals surface area contributed by atoms with Crippen LogP contribution >= 0.6 is 11.6 Å². The normalized spacial score (nSPS) is 11.0. The van der Waals surface area contributed by atoms with Gasteiger partial charge in [0, 0.05) is 23.7 Å². The van der Waals surface area contributed by atoms with Crippen molar-refractivity contribution in [2.45, 2.75) is 19.4 Å². The molecule has 0 unspecified atom stereocenters. The number of carbonyl (C=O) groups excluding carboxylic acids is 1. The van der Waals surface area contributed by atoms with Gasteiger partial charge in [-0.1, -0.05) is 66.2 Å². The Morgan fingerprint density at radius 2 is 1.68 bits per heavy atom. The first-order valence-electron chi connectivity index (χ1n) is 10.4. The zero-order chi connectivity index (χ0) is 21.9. The Morgan fingerprint density at radius 1 is 0.935 bits per heavy atom. The number of amides is 1. The zero-order valence-corrected chi connectivity index (χ0v) is 18.1. The highest BCUT2D eigenvalue weighted by Gasteiger charge is 2.09. The lowest BCUT2D eigenvalue weighted by Crippen LogP contribution is -2.26. The van der Waals surface area contributed by atoms with Crippen LogP contribution in [-0.4, -0.2) is 24.1 Å². The molecule has 3 rings (SSSR count). The van der Waals surface area contributed by atoms with Crippen LogP contribution in [0, 0.1) is 0 Å². The molecule has 3 aromatic carbocycles. The van der Waals surface area contributed by atoms with Crippen LogP contribution in [0.5, 0.6) is 5.75 Å². The largest absolute Gasteiger partial charge is 0.508 e. The zero-order valence-electron chi connectivity index (χ0n) is 17.4. The van der Waals surface area contributed by atoms with Crippen LogP contribution < -0.4 is 10.6 Å². The maximum atomic E-state index is 12.6. The number of rotatable bonds is 10. The van der Waals surface area contributed by atoms with E-state index in [1.807, 2.05) is 72.8 Å². The number of carbonyl (C=O) groups is 1. The first-order valence-corrected chi connectivity index (χ1v) is 10.8. The van der Waals surface area contributed by atoms with Gasteiger partial charge in [-0.05, 0) is 66.4 Å². The monoisotopic (exact) mass is 434 g/mol. The molecule has 0 fully saturated rings. The molecule has 5 heteroatoms. The minimum absolute atomic E-state index is 0.0594. The molecular formula is C26H27ClN2O2. The van der Waals surface area contributed by atoms with Gasteiger partial charge in [0.15, 0.2) is 0 Å². The van der Waals surface area contributed by atoms with Crippen molar-refractivity contribution in [2.24, 2.45) is 0 Å². The van der Waals surface area contributed by atoms with E-state index in [-0.39, 0.29) is 11.7 Å². The molecule has 160 valence electrons. The van der Waals surface area contributed by atoms with Crippen LogP contribution in [0.4, 0.5) is 0 Å². The number of benzene rings is 3. The first-order chi connectivity index (χ1) is 15.1. The predicted molar refractivity (Wildman–Crippen MR) is 127 cm³/mol. The maximum absolute atomic E-state index is 12.6. The molecule has 0 aromatic heterocycles. The number of aromatic hydroxyl groups is 1. The van der Waals surface area contributed by atoms with E-state index in [1.54, 1.807) is 12.1 Å². The summed E-state index contributed by atoms with van der Waals surface area (Å²) in [5.41, 5.74) is 3.91. The molecule has 0 spiro atoms. The standard InChI is InChI=1S/C26H27ClN2O2/c27-23-12-8-20(9-13-23)5-3-4-17-29-26(31)25-7-2-1-6-22(25)19-28-18-16-21-10-14-24(30)15-11-21/h1-3,5-15,28,30H,4,16-19H2,(H,29,31). The quantitative estimate of drug-likeness (QED) is 0.384. The van der Waals surface area contributed by atoms with Crippen LogP contribution in [0.15, 0.2) is 78.9 Å². The lowest BCUT2D eigenvalue weighted by molar-refractivity contribution is 0.0953. The van der Waals surface area contributed by atoms with Gasteiger partial charge >= 0.3 is 0 Å². The number of hydrogen-bond donors (Lipinski definition) is 3. The van der Waals surface area contributed by atoms with E-state index in [1.165, 1.54) is 0 Å². The summed E-state index contributed by atoms with van der Waals surface area (Å²) in [6, 6.07) is 22.5. The van der Waals surface area contributed by atoms with E-state index < -0.39 is 0 Å². The highest BCUT2D eigenvalue weighted by molar-refractivity contribution is 6.30. The second-order valence-electron chi connectivity index (χ2n) is 7.25. The lowest BCUT2D eigenvalue weighted by atomic mass is 10.1. The van der Waals surface area contributed by atoms with Gasteiger partial charge in [-0.15, -0.1) is 0 Å². The Balaban J connectivity index is 1.43. The summed E-state index contributed by atoms with van der Waals surface area (Å²) in [6.07, 6.45) is 5.67. The average molecular weight is 435 g/mol. The molecule has 4 nitrogen and oxygen atoms in total. The van der Waals surface area contributed by atoms with E-state index in [0.29, 0.717) is 18.7 Å². The summed E-state index contributed by atoms with van der Waals surface area (Å²) < 4.78 is 0. The van der Waals surface area contributed by atoms with Crippen LogP contribution in [-0.2, 0) is 13.0 Å². The average Bonchev–Trinajstić information content (AvgIpc) is 2.79. The van der Waals surface area contributed by atoms with Crippen molar-refractivity contribution in [1.82, 2.24) is 10.6 Å². The highest BCUT2D eigenvalue weighted by atomic mass is 35.5. The Morgan fingerprint density at radius 3 is 2.45 bits per heavy atom. The van der Waals surface area contributed by atoms with Crippen molar-refractivity contribution < 1.29 is 9.90 Å². The van der Waals surface area contributed by atoms with Crippen LogP contribution in [0.2, 0.25) is 5.02 Å². The number of hydrogen-bond acceptors (Lipinski definition) is 3. The fraction of sp³-hybridized carbons (Fsp3) is 0.192. The van der Waals surface area contributed by atoms with Crippen molar-refractivity contribution in [1.29, 1.82) is 0 Å². The summed E-state index contributed by atoms with van der Waals surface area (Å²) >= 11 is 5.89. The predicted octanol–water partition coefficient (Wildman–Crippen LogP) is 5.21. The van der Waals surface area contributed by atoms with E-state index in [0.717, 1.165) is 41.1 Å². The summed E-state index contributed by atoms with van der Waals surface area (Å²) in [4.78, 5) is 12.6. The molecule has 0 heterocycles. The molecule has 0 bridgehead atoms. The van der Waals surface area contributed by atoms with Crippen molar-refractivity contribution in [3.05, 3.63) is 106 Å². The van der Waals surface area contributed by atoms with Gasteiger partial charge < -0.3 is 15.7 Å². The number of nitrogens with one attached hydrogen (secondary N) is 2. The summed E-state index contributed by atoms with van der Waals surface area (Å²) in [6.45, 7) is 1.99. The van der Waals surface area contributed by atoms with E-state index >= 15 is 0 Å². The lowest BCUT2D eigenvalue weighted by Gasteiger charge is -2.11. The third-order valence-corrected chi connectivity index (χ3v) is 5.13. The molecule has 31 heavy (non-hydrogen) atoms. The molecular weight excluding hydrogens is 408 g/mol. The Labute approximate surface area is 188 Å². The fourth-order valence-corrected chi connectivity index (χ4v) is 3.30. The van der Waals surface area contributed by atoms with Gasteiger partial charge in [0.2, 0.25) is 0 Å². The molecule has 0 aliphatic heterocycles. The van der Waals surface area contributed by atoms with Gasteiger partial charge in [-0.2, -0.15) is 0 Å². The molecule has 0 saturated carbocycles. The number of phenolic OH excluding ortho intramolecular Hbond substituents is 1. The SMILES string of the molecule is O=C(NCCC=Cc1ccc(Cl)cc1)c1ccccc1CNCCc1ccc(O)cc1. The maximum Gasteiger partial charge on any atom is 0.251 e. The molecule has 0 aliphatic rings. The van der Waals surface area contributed by atoms with Crippen molar-refractivity contribution >= 4 is 23.6 Å². The Hall–Kier alpha value is -3.08. The van der Waals surface area contributed by atoms with E-state index in [9.17, 15) is 9.90 Å². The second-order valence-corrected chi connectivity index (χ2v) is 7.69. The summed E-state index contributed by atoms with van der Waals surface area (Å²) in [7, 11) is 0. The van der Waals surface area contributed by atoms with Crippen molar-refractivity contribution in [3.8, 4) is 5.75 Å². The molecule has 3 aromatic rings. The smallest absolute Gasteiger partial charge is 0.251 e. The topological polar surface area (TPSA) is 61.4 Å². The van der Waals surface area contributed by atoms with Crippen LogP contribution in [0.1, 0.15) is 33.5 Å². The van der Waals surface area contributed by atoms with Gasteiger partial charge in [0.05, 0.1) is 0 Å². The molecule has 3 N–H and O–H groups in total. The van der Waals surface area contributed by atoms with Crippen LogP contribution in [0.3, 0.4) is 0 Å².